The predicted octanol–water partition coefficient (Wildman–Crippen LogP) is 2.86. The van der Waals surface area contributed by atoms with Gasteiger partial charge in [0.25, 0.3) is 0 Å². The van der Waals surface area contributed by atoms with Gasteiger partial charge in [0.05, 0.1) is 16.5 Å². The van der Waals surface area contributed by atoms with Crippen LogP contribution in [0.15, 0.2) is 18.2 Å². The van der Waals surface area contributed by atoms with Gasteiger partial charge < -0.3 is 16.2 Å². The number of carbonyl (C=O) groups excluding carboxylic acids is 1. The minimum atomic E-state index is -1.11. The molecule has 0 saturated heterocycles. The molecule has 1 aromatic carbocycles. The van der Waals surface area contributed by atoms with Crippen molar-refractivity contribution in [3.8, 4) is 0 Å². The molecule has 5 nitrogen and oxygen atoms in total. The van der Waals surface area contributed by atoms with E-state index in [9.17, 15) is 9.59 Å². The Hall–Kier alpha value is -0.950. The highest BCUT2D eigenvalue weighted by molar-refractivity contribution is 8.01. The van der Waals surface area contributed by atoms with Crippen LogP contribution in [0.3, 0.4) is 0 Å². The van der Waals surface area contributed by atoms with E-state index >= 15 is 0 Å². The highest BCUT2D eigenvalue weighted by atomic mass is 35.5. The Labute approximate surface area is 137 Å². The van der Waals surface area contributed by atoms with Crippen LogP contribution in [0, 0.1) is 0 Å². The molecule has 0 bridgehead atoms. The van der Waals surface area contributed by atoms with E-state index in [1.54, 1.807) is 32.0 Å². The maximum absolute atomic E-state index is 11.9. The summed E-state index contributed by atoms with van der Waals surface area (Å²) in [6, 6.07) is 3.67. The third kappa shape index (κ3) is 5.39. The number of nitrogens with one attached hydrogen (secondary N) is 1. The Morgan fingerprint density at radius 3 is 2.62 bits per heavy atom. The van der Waals surface area contributed by atoms with Crippen LogP contribution in [-0.4, -0.2) is 33.5 Å². The van der Waals surface area contributed by atoms with Crippen molar-refractivity contribution >= 4 is 52.5 Å². The first-order chi connectivity index (χ1) is 9.63. The second kappa shape index (κ2) is 7.35. The van der Waals surface area contributed by atoms with E-state index in [4.69, 9.17) is 34.0 Å². The number of nitrogens with two attached hydrogens (primary N) is 1. The van der Waals surface area contributed by atoms with Crippen molar-refractivity contribution in [1.29, 1.82) is 0 Å². The number of anilines is 1. The molecule has 0 unspecified atom stereocenters. The quantitative estimate of drug-likeness (QED) is 0.733. The third-order valence-electron chi connectivity index (χ3n) is 2.79. The summed E-state index contributed by atoms with van der Waals surface area (Å²) in [5.74, 6) is -1.36. The van der Waals surface area contributed by atoms with Crippen molar-refractivity contribution in [3.63, 3.8) is 0 Å². The molecule has 4 N–H and O–H groups in total. The van der Waals surface area contributed by atoms with Gasteiger partial charge in [-0.1, -0.05) is 23.2 Å². The monoisotopic (exact) mass is 350 g/mol. The van der Waals surface area contributed by atoms with Crippen LogP contribution in [0.2, 0.25) is 10.0 Å². The molecule has 0 heterocycles. The lowest BCUT2D eigenvalue weighted by Crippen LogP contribution is -2.47. The summed E-state index contributed by atoms with van der Waals surface area (Å²) < 4.78 is -0.776. The summed E-state index contributed by atoms with van der Waals surface area (Å²) in [5, 5.41) is 12.4. The van der Waals surface area contributed by atoms with Crippen molar-refractivity contribution in [3.05, 3.63) is 28.2 Å². The molecular weight excluding hydrogens is 335 g/mol. The number of halogens is 2. The maximum Gasteiger partial charge on any atom is 0.321 e. The zero-order valence-electron chi connectivity index (χ0n) is 11.5. The van der Waals surface area contributed by atoms with Crippen LogP contribution in [0.4, 0.5) is 5.69 Å². The van der Waals surface area contributed by atoms with Crippen LogP contribution in [-0.2, 0) is 9.59 Å². The van der Waals surface area contributed by atoms with Gasteiger partial charge in [0.15, 0.2) is 0 Å². The Balaban J connectivity index is 2.62. The predicted molar refractivity (Wildman–Crippen MR) is 87.2 cm³/mol. The minimum Gasteiger partial charge on any atom is -0.480 e. The number of aliphatic carboxylic acids is 1. The minimum absolute atomic E-state index is 0.0524. The Morgan fingerprint density at radius 2 is 2.05 bits per heavy atom. The fourth-order valence-electron chi connectivity index (χ4n) is 1.42. The molecule has 1 amide bonds. The second-order valence-corrected chi connectivity index (χ2v) is 7.35. The van der Waals surface area contributed by atoms with E-state index in [0.717, 1.165) is 11.8 Å². The molecule has 0 spiro atoms. The molecule has 0 aliphatic carbocycles. The normalized spacial score (nSPS) is 12.8. The highest BCUT2D eigenvalue weighted by Gasteiger charge is 2.33. The molecule has 0 radical (unpaired) electrons. The summed E-state index contributed by atoms with van der Waals surface area (Å²) in [7, 11) is 0. The van der Waals surface area contributed by atoms with Crippen molar-refractivity contribution in [2.45, 2.75) is 24.6 Å². The zero-order valence-corrected chi connectivity index (χ0v) is 13.9. The molecule has 1 atom stereocenters. The van der Waals surface area contributed by atoms with E-state index in [-0.39, 0.29) is 11.7 Å². The first-order valence-corrected chi connectivity index (χ1v) is 7.75. The van der Waals surface area contributed by atoms with Gasteiger partial charge in [-0.15, -0.1) is 11.8 Å². The number of rotatable bonds is 6. The molecule has 116 valence electrons. The average Bonchev–Trinajstić information content (AvgIpc) is 2.39. The van der Waals surface area contributed by atoms with E-state index in [2.05, 4.69) is 5.32 Å². The number of thioether (sulfide) groups is 1. The standard InChI is InChI=1S/C13H16Cl2N2O3S/c1-13(2,11(16)12(19)20)21-6-10(18)17-9-5-7(14)3-4-8(9)15/h3-5,11H,6,16H2,1-2H3,(H,17,18)(H,19,20)/t11-/m0/s1. The Bertz CT molecular complexity index is 552. The summed E-state index contributed by atoms with van der Waals surface area (Å²) in [5.41, 5.74) is 6.00. The smallest absolute Gasteiger partial charge is 0.321 e. The highest BCUT2D eigenvalue weighted by Crippen LogP contribution is 2.29. The number of benzene rings is 1. The van der Waals surface area contributed by atoms with Gasteiger partial charge >= 0.3 is 5.97 Å². The Kier molecular flexibility index (Phi) is 6.34. The SMILES string of the molecule is CC(C)(SCC(=O)Nc1cc(Cl)ccc1Cl)[C@@H](N)C(=O)O. The van der Waals surface area contributed by atoms with Gasteiger partial charge in [0, 0.05) is 9.77 Å². The van der Waals surface area contributed by atoms with Crippen LogP contribution in [0.5, 0.6) is 0 Å². The van der Waals surface area contributed by atoms with Crippen molar-refractivity contribution in [2.75, 3.05) is 11.1 Å². The van der Waals surface area contributed by atoms with Gasteiger partial charge in [0.2, 0.25) is 5.91 Å². The summed E-state index contributed by atoms with van der Waals surface area (Å²) in [6.07, 6.45) is 0. The van der Waals surface area contributed by atoms with Crippen LogP contribution in [0.1, 0.15) is 13.8 Å². The van der Waals surface area contributed by atoms with Gasteiger partial charge in [-0.3, -0.25) is 9.59 Å². The van der Waals surface area contributed by atoms with Crippen LogP contribution >= 0.6 is 35.0 Å². The van der Waals surface area contributed by atoms with Crippen LogP contribution in [0.25, 0.3) is 0 Å². The number of carbonyl (C=O) groups is 2. The molecule has 1 rings (SSSR count). The lowest BCUT2D eigenvalue weighted by molar-refractivity contribution is -0.139. The number of hydrogen-bond donors (Lipinski definition) is 3. The molecule has 0 aliphatic rings. The fraction of sp³-hybridized carbons (Fsp3) is 0.385. The molecule has 0 aliphatic heterocycles. The molecule has 21 heavy (non-hydrogen) atoms. The molecule has 1 aromatic rings. The first-order valence-electron chi connectivity index (χ1n) is 6.00. The van der Waals surface area contributed by atoms with Gasteiger partial charge in [-0.2, -0.15) is 0 Å². The van der Waals surface area contributed by atoms with Gasteiger partial charge in [-0.25, -0.2) is 0 Å². The summed E-state index contributed by atoms with van der Waals surface area (Å²) in [6.45, 7) is 3.35. The number of amides is 1. The first kappa shape index (κ1) is 18.1. The summed E-state index contributed by atoms with van der Waals surface area (Å²) in [4.78, 5) is 22.8. The molecule has 0 aromatic heterocycles. The second-order valence-electron chi connectivity index (χ2n) is 4.88. The van der Waals surface area contributed by atoms with Crippen molar-refractivity contribution < 1.29 is 14.7 Å². The number of carboxylic acid groups (broad SMARTS) is 1. The fourth-order valence-corrected chi connectivity index (χ4v) is 2.61. The van der Waals surface area contributed by atoms with Crippen LogP contribution < -0.4 is 11.1 Å². The molecule has 0 saturated carbocycles. The van der Waals surface area contributed by atoms with E-state index < -0.39 is 16.8 Å². The molecule has 8 heteroatoms. The lowest BCUT2D eigenvalue weighted by Gasteiger charge is -2.27. The van der Waals surface area contributed by atoms with E-state index in [1.807, 2.05) is 0 Å². The average molecular weight is 351 g/mol. The van der Waals surface area contributed by atoms with E-state index in [0.29, 0.717) is 15.7 Å². The molecular formula is C13H16Cl2N2O3S. The number of hydrogen-bond acceptors (Lipinski definition) is 4. The lowest BCUT2D eigenvalue weighted by atomic mass is 10.1. The van der Waals surface area contributed by atoms with Crippen molar-refractivity contribution in [2.24, 2.45) is 5.73 Å². The maximum atomic E-state index is 11.9. The summed E-state index contributed by atoms with van der Waals surface area (Å²) >= 11 is 12.9. The third-order valence-corrected chi connectivity index (χ3v) is 4.76. The van der Waals surface area contributed by atoms with Gasteiger partial charge in [0.1, 0.15) is 6.04 Å². The Morgan fingerprint density at radius 1 is 1.43 bits per heavy atom. The largest absolute Gasteiger partial charge is 0.480 e. The van der Waals surface area contributed by atoms with Gasteiger partial charge in [-0.05, 0) is 32.0 Å². The van der Waals surface area contributed by atoms with E-state index in [1.165, 1.54) is 0 Å². The number of carboxylic acids is 1. The zero-order chi connectivity index (χ0) is 16.2. The molecule has 0 fully saturated rings. The van der Waals surface area contributed by atoms with Crippen molar-refractivity contribution in [1.82, 2.24) is 0 Å². The topological polar surface area (TPSA) is 92.4 Å².